The molecule has 0 bridgehead atoms. The lowest BCUT2D eigenvalue weighted by molar-refractivity contribution is -0.274. The van der Waals surface area contributed by atoms with E-state index < -0.39 is 24.6 Å². The summed E-state index contributed by atoms with van der Waals surface area (Å²) in [5.74, 6) is -0.949. The zero-order valence-corrected chi connectivity index (χ0v) is 12.5. The molecule has 134 valence electrons. The zero-order chi connectivity index (χ0) is 18.4. The first-order valence-electron chi connectivity index (χ1n) is 6.91. The number of carbonyl (C=O) groups excluding carboxylic acids is 1. The van der Waals surface area contributed by atoms with Crippen LogP contribution >= 0.6 is 0 Å². The van der Waals surface area contributed by atoms with E-state index in [0.29, 0.717) is 5.56 Å². The molecule has 9 heteroatoms. The van der Waals surface area contributed by atoms with Gasteiger partial charge in [-0.1, -0.05) is 12.1 Å². The second-order valence-electron chi connectivity index (χ2n) is 4.78. The van der Waals surface area contributed by atoms with Crippen molar-refractivity contribution in [3.05, 3.63) is 59.7 Å². The number of benzene rings is 2. The van der Waals surface area contributed by atoms with Crippen LogP contribution in [0.4, 0.5) is 22.0 Å². The molecule has 0 saturated carbocycles. The van der Waals surface area contributed by atoms with Crippen LogP contribution in [0.3, 0.4) is 0 Å². The first kappa shape index (κ1) is 18.5. The van der Waals surface area contributed by atoms with Crippen LogP contribution < -0.4 is 14.8 Å². The fourth-order valence-electron chi connectivity index (χ4n) is 1.88. The van der Waals surface area contributed by atoms with Crippen molar-refractivity contribution in [1.29, 1.82) is 0 Å². The summed E-state index contributed by atoms with van der Waals surface area (Å²) in [7, 11) is 0. The molecule has 0 aliphatic heterocycles. The predicted molar refractivity (Wildman–Crippen MR) is 77.4 cm³/mol. The van der Waals surface area contributed by atoms with Crippen molar-refractivity contribution in [3.63, 3.8) is 0 Å². The van der Waals surface area contributed by atoms with Gasteiger partial charge in [0.05, 0.1) is 0 Å². The Bertz CT molecular complexity index is 699. The van der Waals surface area contributed by atoms with Crippen LogP contribution in [0.25, 0.3) is 0 Å². The molecule has 2 aromatic rings. The Labute approximate surface area is 139 Å². The molecule has 4 nitrogen and oxygen atoms in total. The lowest BCUT2D eigenvalue weighted by Gasteiger charge is -2.10. The van der Waals surface area contributed by atoms with E-state index in [9.17, 15) is 26.7 Å². The lowest BCUT2D eigenvalue weighted by Crippen LogP contribution is -2.22. The van der Waals surface area contributed by atoms with Gasteiger partial charge in [0.25, 0.3) is 5.91 Å². The summed E-state index contributed by atoms with van der Waals surface area (Å²) in [4.78, 5) is 11.9. The third-order valence-corrected chi connectivity index (χ3v) is 2.95. The first-order valence-corrected chi connectivity index (χ1v) is 6.91. The van der Waals surface area contributed by atoms with Gasteiger partial charge < -0.3 is 14.8 Å². The summed E-state index contributed by atoms with van der Waals surface area (Å²) in [6, 6.07) is 10.1. The molecule has 0 radical (unpaired) electrons. The third kappa shape index (κ3) is 6.28. The van der Waals surface area contributed by atoms with Crippen molar-refractivity contribution < 1.29 is 36.2 Å². The van der Waals surface area contributed by atoms with E-state index in [1.807, 2.05) is 0 Å². The fourth-order valence-corrected chi connectivity index (χ4v) is 1.88. The summed E-state index contributed by atoms with van der Waals surface area (Å²) in [6.07, 6.45) is -4.80. The number of carbonyl (C=O) groups is 1. The van der Waals surface area contributed by atoms with Crippen LogP contribution in [-0.4, -0.2) is 18.9 Å². The van der Waals surface area contributed by atoms with Crippen molar-refractivity contribution in [3.8, 4) is 11.5 Å². The van der Waals surface area contributed by atoms with E-state index in [1.165, 1.54) is 36.4 Å². The van der Waals surface area contributed by atoms with Gasteiger partial charge in [-0.05, 0) is 42.0 Å². The average Bonchev–Trinajstić information content (AvgIpc) is 2.52. The molecule has 0 saturated heterocycles. The minimum atomic E-state index is -4.80. The second kappa shape index (κ2) is 7.82. The summed E-state index contributed by atoms with van der Waals surface area (Å²) in [6.45, 7) is -2.82. The summed E-state index contributed by atoms with van der Waals surface area (Å²) >= 11 is 0. The highest BCUT2D eigenvalue weighted by Crippen LogP contribution is 2.22. The molecule has 1 N–H and O–H groups in total. The number of hydrogen-bond donors (Lipinski definition) is 1. The number of halogens is 5. The highest BCUT2D eigenvalue weighted by atomic mass is 19.4. The van der Waals surface area contributed by atoms with Crippen LogP contribution in [-0.2, 0) is 6.54 Å². The van der Waals surface area contributed by atoms with Gasteiger partial charge in [-0.15, -0.1) is 13.2 Å². The Morgan fingerprint density at radius 3 is 2.04 bits per heavy atom. The van der Waals surface area contributed by atoms with E-state index in [0.717, 1.165) is 12.1 Å². The van der Waals surface area contributed by atoms with E-state index in [1.54, 1.807) is 0 Å². The predicted octanol–water partition coefficient (Wildman–Crippen LogP) is 4.12. The summed E-state index contributed by atoms with van der Waals surface area (Å²) in [5, 5.41) is 2.55. The van der Waals surface area contributed by atoms with Crippen molar-refractivity contribution in [1.82, 2.24) is 5.32 Å². The maximum absolute atomic E-state index is 12.1. The van der Waals surface area contributed by atoms with E-state index in [4.69, 9.17) is 0 Å². The van der Waals surface area contributed by atoms with E-state index in [-0.39, 0.29) is 17.9 Å². The monoisotopic (exact) mass is 361 g/mol. The standard InChI is InChI=1S/C16H12F5NO3/c17-15(18)24-12-5-1-10(2-6-12)9-22-14(23)11-3-7-13(8-4-11)25-16(19,20)21/h1-8,15H,9H2,(H,22,23). The molecular formula is C16H12F5NO3. The molecule has 0 spiro atoms. The van der Waals surface area contributed by atoms with Gasteiger partial charge in [0.1, 0.15) is 11.5 Å². The van der Waals surface area contributed by atoms with E-state index in [2.05, 4.69) is 14.8 Å². The molecule has 0 aliphatic carbocycles. The minimum absolute atomic E-state index is 0.00895. The van der Waals surface area contributed by atoms with Crippen LogP contribution in [0.2, 0.25) is 0 Å². The number of alkyl halides is 5. The number of hydrogen-bond acceptors (Lipinski definition) is 3. The Balaban J connectivity index is 1.89. The molecule has 0 heterocycles. The molecule has 0 atom stereocenters. The minimum Gasteiger partial charge on any atom is -0.435 e. The normalized spacial score (nSPS) is 11.3. The zero-order valence-electron chi connectivity index (χ0n) is 12.5. The van der Waals surface area contributed by atoms with Crippen LogP contribution in [0.15, 0.2) is 48.5 Å². The second-order valence-corrected chi connectivity index (χ2v) is 4.78. The van der Waals surface area contributed by atoms with Crippen molar-refractivity contribution in [2.45, 2.75) is 19.5 Å². The SMILES string of the molecule is O=C(NCc1ccc(OC(F)F)cc1)c1ccc(OC(F)(F)F)cc1. The lowest BCUT2D eigenvalue weighted by atomic mass is 10.2. The largest absolute Gasteiger partial charge is 0.573 e. The molecule has 0 aromatic heterocycles. The van der Waals surface area contributed by atoms with Crippen LogP contribution in [0, 0.1) is 0 Å². The molecule has 2 rings (SSSR count). The molecular weight excluding hydrogens is 349 g/mol. The van der Waals surface area contributed by atoms with Gasteiger partial charge >= 0.3 is 13.0 Å². The topological polar surface area (TPSA) is 47.6 Å². The maximum Gasteiger partial charge on any atom is 0.573 e. The van der Waals surface area contributed by atoms with Crippen molar-refractivity contribution in [2.24, 2.45) is 0 Å². The smallest absolute Gasteiger partial charge is 0.435 e. The molecule has 2 aromatic carbocycles. The van der Waals surface area contributed by atoms with Gasteiger partial charge in [0.2, 0.25) is 0 Å². The number of rotatable bonds is 6. The fraction of sp³-hybridized carbons (Fsp3) is 0.188. The van der Waals surface area contributed by atoms with Crippen LogP contribution in [0.1, 0.15) is 15.9 Å². The molecule has 0 fully saturated rings. The van der Waals surface area contributed by atoms with Crippen molar-refractivity contribution in [2.75, 3.05) is 0 Å². The summed E-state index contributed by atoms with van der Waals surface area (Å²) in [5.41, 5.74) is 0.777. The van der Waals surface area contributed by atoms with Gasteiger partial charge in [-0.25, -0.2) is 0 Å². The Hall–Kier alpha value is -2.84. The maximum atomic E-state index is 12.1. The quantitative estimate of drug-likeness (QED) is 0.788. The Morgan fingerprint density at radius 1 is 0.960 bits per heavy atom. The first-order chi connectivity index (χ1) is 11.7. The van der Waals surface area contributed by atoms with Gasteiger partial charge in [0, 0.05) is 12.1 Å². The van der Waals surface area contributed by atoms with Gasteiger partial charge in [-0.2, -0.15) is 8.78 Å². The highest BCUT2D eigenvalue weighted by Gasteiger charge is 2.31. The Kier molecular flexibility index (Phi) is 5.79. The number of amides is 1. The van der Waals surface area contributed by atoms with Gasteiger partial charge in [-0.3, -0.25) is 4.79 Å². The number of nitrogens with one attached hydrogen (secondary N) is 1. The Morgan fingerprint density at radius 2 is 1.52 bits per heavy atom. The third-order valence-electron chi connectivity index (χ3n) is 2.95. The molecule has 0 aliphatic rings. The van der Waals surface area contributed by atoms with Crippen molar-refractivity contribution >= 4 is 5.91 Å². The molecule has 1 amide bonds. The average molecular weight is 361 g/mol. The number of ether oxygens (including phenoxy) is 2. The molecule has 0 unspecified atom stereocenters. The summed E-state index contributed by atoms with van der Waals surface area (Å²) < 4.78 is 68.1. The molecule has 25 heavy (non-hydrogen) atoms. The highest BCUT2D eigenvalue weighted by molar-refractivity contribution is 5.94. The van der Waals surface area contributed by atoms with Crippen LogP contribution in [0.5, 0.6) is 11.5 Å². The van der Waals surface area contributed by atoms with Gasteiger partial charge in [0.15, 0.2) is 0 Å². The van der Waals surface area contributed by atoms with E-state index >= 15 is 0 Å².